The van der Waals surface area contributed by atoms with E-state index < -0.39 is 5.54 Å². The lowest BCUT2D eigenvalue weighted by Crippen LogP contribution is -2.64. The van der Waals surface area contributed by atoms with E-state index >= 15 is 0 Å². The minimum absolute atomic E-state index is 0.0939. The summed E-state index contributed by atoms with van der Waals surface area (Å²) in [7, 11) is 0. The van der Waals surface area contributed by atoms with E-state index in [1.807, 2.05) is 65.7 Å². The van der Waals surface area contributed by atoms with Crippen molar-refractivity contribution in [3.63, 3.8) is 0 Å². The van der Waals surface area contributed by atoms with E-state index in [-0.39, 0.29) is 11.8 Å². The van der Waals surface area contributed by atoms with Crippen molar-refractivity contribution in [1.82, 2.24) is 19.4 Å². The van der Waals surface area contributed by atoms with Gasteiger partial charge in [-0.25, -0.2) is 0 Å². The van der Waals surface area contributed by atoms with Crippen LogP contribution in [0.15, 0.2) is 66.3 Å². The maximum absolute atomic E-state index is 14.3. The van der Waals surface area contributed by atoms with Crippen LogP contribution in [-0.2, 0) is 17.8 Å². The molecule has 4 heterocycles. The molecule has 4 aromatic rings. The molecule has 7 heteroatoms. The van der Waals surface area contributed by atoms with E-state index in [1.165, 1.54) is 4.88 Å². The summed E-state index contributed by atoms with van der Waals surface area (Å²) < 4.78 is 4.06. The highest BCUT2D eigenvalue weighted by Crippen LogP contribution is 2.37. The van der Waals surface area contributed by atoms with Gasteiger partial charge in [0.05, 0.1) is 17.7 Å². The first-order valence-electron chi connectivity index (χ1n) is 12.3. The van der Waals surface area contributed by atoms with Gasteiger partial charge in [-0.1, -0.05) is 38.1 Å². The third-order valence-corrected chi connectivity index (χ3v) is 7.91. The lowest BCUT2D eigenvalue weighted by Gasteiger charge is -2.44. The number of hydrogen-bond acceptors (Lipinski definition) is 3. The summed E-state index contributed by atoms with van der Waals surface area (Å²) in [6.07, 6.45) is 5.56. The van der Waals surface area contributed by atoms with Crippen LogP contribution in [-0.4, -0.2) is 44.5 Å². The second-order valence-electron chi connectivity index (χ2n) is 9.89. The summed E-state index contributed by atoms with van der Waals surface area (Å²) in [6.45, 7) is 7.70. The largest absolute Gasteiger partial charge is 0.354 e. The molecule has 0 bridgehead atoms. The minimum Gasteiger partial charge on any atom is -0.354 e. The van der Waals surface area contributed by atoms with E-state index in [4.69, 9.17) is 0 Å². The predicted octanol–water partition coefficient (Wildman–Crippen LogP) is 5.11. The van der Waals surface area contributed by atoms with E-state index in [0.29, 0.717) is 31.2 Å². The smallest absolute Gasteiger partial charge is 0.273 e. The van der Waals surface area contributed by atoms with Crippen molar-refractivity contribution in [3.8, 4) is 5.69 Å². The molecule has 2 amide bonds. The molecule has 1 N–H and O–H groups in total. The third-order valence-electron chi connectivity index (χ3n) is 6.97. The van der Waals surface area contributed by atoms with E-state index in [0.717, 1.165) is 29.4 Å². The number of nitrogens with one attached hydrogen (secondary N) is 1. The van der Waals surface area contributed by atoms with Crippen molar-refractivity contribution in [2.24, 2.45) is 5.92 Å². The van der Waals surface area contributed by atoms with Crippen molar-refractivity contribution in [2.45, 2.75) is 45.7 Å². The number of para-hydroxylation sites is 1. The van der Waals surface area contributed by atoms with Gasteiger partial charge in [0.1, 0.15) is 11.2 Å². The van der Waals surface area contributed by atoms with E-state index in [2.05, 4.69) is 35.9 Å². The molecule has 0 saturated heterocycles. The minimum atomic E-state index is -0.992. The number of hydrogen-bond donors (Lipinski definition) is 1. The van der Waals surface area contributed by atoms with Crippen LogP contribution in [0, 0.1) is 5.92 Å². The topological polar surface area (TPSA) is 59.3 Å². The van der Waals surface area contributed by atoms with Crippen LogP contribution in [0.2, 0.25) is 0 Å². The Bertz CT molecular complexity index is 1340. The number of nitrogens with zero attached hydrogens (tertiary/aromatic N) is 3. The Morgan fingerprint density at radius 3 is 2.60 bits per heavy atom. The maximum atomic E-state index is 14.3. The number of thiophene rings is 1. The molecule has 6 nitrogen and oxygen atoms in total. The fraction of sp³-hybridized carbons (Fsp3) is 0.357. The van der Waals surface area contributed by atoms with Gasteiger partial charge in [-0.15, -0.1) is 11.3 Å². The van der Waals surface area contributed by atoms with Gasteiger partial charge in [-0.2, -0.15) is 0 Å². The Hall–Kier alpha value is -3.32. The van der Waals surface area contributed by atoms with Crippen molar-refractivity contribution >= 4 is 34.1 Å². The highest BCUT2D eigenvalue weighted by molar-refractivity contribution is 7.09. The molecule has 5 rings (SSSR count). The molecule has 1 aromatic carbocycles. The quantitative estimate of drug-likeness (QED) is 0.375. The monoisotopic (exact) mass is 488 g/mol. The first kappa shape index (κ1) is 23.4. The lowest BCUT2D eigenvalue weighted by molar-refractivity contribution is -0.132. The number of carbonyl (C=O) groups is 2. The summed E-state index contributed by atoms with van der Waals surface area (Å²) in [5.74, 6) is 0.299. The molecule has 182 valence electrons. The normalized spacial score (nSPS) is 17.8. The molecule has 0 fully saturated rings. The molecule has 1 aliphatic rings. The summed E-state index contributed by atoms with van der Waals surface area (Å²) in [5, 5.41) is 6.19. The molecular weight excluding hydrogens is 456 g/mol. The van der Waals surface area contributed by atoms with Gasteiger partial charge in [0, 0.05) is 35.7 Å². The second kappa shape index (κ2) is 9.38. The van der Waals surface area contributed by atoms with Crippen LogP contribution in [0.25, 0.3) is 16.6 Å². The fourth-order valence-electron chi connectivity index (χ4n) is 5.04. The Kier molecular flexibility index (Phi) is 6.28. The zero-order chi connectivity index (χ0) is 24.6. The molecule has 0 aliphatic carbocycles. The molecule has 0 spiro atoms. The number of benzene rings is 1. The molecule has 0 saturated carbocycles. The Balaban J connectivity index is 1.60. The predicted molar refractivity (Wildman–Crippen MR) is 141 cm³/mol. The zero-order valence-electron chi connectivity index (χ0n) is 20.5. The van der Waals surface area contributed by atoms with Crippen molar-refractivity contribution in [1.29, 1.82) is 0 Å². The van der Waals surface area contributed by atoms with E-state index in [1.54, 1.807) is 16.2 Å². The molecule has 0 unspecified atom stereocenters. The van der Waals surface area contributed by atoms with Gasteiger partial charge in [0.15, 0.2) is 0 Å². The number of rotatable bonds is 8. The molecule has 1 aliphatic heterocycles. The SMILES string of the molecule is CC(C)CCNC(=O)[C@@]1(C)Cn2c(c(-n3cccc3)c3ccccc32)C(=O)N1CCc1cccs1. The average molecular weight is 489 g/mol. The number of fused-ring (bicyclic) bond motifs is 3. The van der Waals surface area contributed by atoms with Crippen molar-refractivity contribution in [2.75, 3.05) is 13.1 Å². The summed E-state index contributed by atoms with van der Waals surface area (Å²) >= 11 is 1.68. The van der Waals surface area contributed by atoms with Crippen LogP contribution in [0.5, 0.6) is 0 Å². The standard InChI is InChI=1S/C28H32N4O2S/c1-20(2)12-14-29-27(34)28(3)19-31-23-11-5-4-10-22(23)24(30-15-6-7-16-30)25(31)26(33)32(28)17-13-21-9-8-18-35-21/h4-11,15-16,18,20H,12-14,17,19H2,1-3H3,(H,29,34)/t28-/m1/s1. The van der Waals surface area contributed by atoms with Crippen molar-refractivity contribution < 1.29 is 9.59 Å². The van der Waals surface area contributed by atoms with Crippen LogP contribution < -0.4 is 5.32 Å². The lowest BCUT2D eigenvalue weighted by atomic mass is 9.94. The van der Waals surface area contributed by atoms with Gasteiger partial charge in [-0.3, -0.25) is 9.59 Å². The van der Waals surface area contributed by atoms with Crippen LogP contribution in [0.4, 0.5) is 0 Å². The highest BCUT2D eigenvalue weighted by atomic mass is 32.1. The Morgan fingerprint density at radius 2 is 1.89 bits per heavy atom. The molecule has 1 atom stereocenters. The first-order valence-corrected chi connectivity index (χ1v) is 13.2. The number of aromatic nitrogens is 2. The Labute approximate surface area is 210 Å². The van der Waals surface area contributed by atoms with Gasteiger partial charge in [-0.05, 0) is 55.3 Å². The summed E-state index contributed by atoms with van der Waals surface area (Å²) in [5.41, 5.74) is 1.49. The fourth-order valence-corrected chi connectivity index (χ4v) is 5.74. The van der Waals surface area contributed by atoms with Gasteiger partial charge >= 0.3 is 0 Å². The van der Waals surface area contributed by atoms with Crippen molar-refractivity contribution in [3.05, 3.63) is 76.9 Å². The van der Waals surface area contributed by atoms with Gasteiger partial charge in [0.25, 0.3) is 5.91 Å². The molecule has 3 aromatic heterocycles. The van der Waals surface area contributed by atoms with Gasteiger partial charge in [0.2, 0.25) is 5.91 Å². The molecular formula is C28H32N4O2S. The molecule has 35 heavy (non-hydrogen) atoms. The second-order valence-corrected chi connectivity index (χ2v) is 10.9. The Morgan fingerprint density at radius 1 is 1.11 bits per heavy atom. The van der Waals surface area contributed by atoms with Crippen LogP contribution in [0.1, 0.15) is 42.6 Å². The van der Waals surface area contributed by atoms with E-state index in [9.17, 15) is 9.59 Å². The maximum Gasteiger partial charge on any atom is 0.273 e. The van der Waals surface area contributed by atoms with Crippen LogP contribution >= 0.6 is 11.3 Å². The average Bonchev–Trinajstić information content (AvgIpc) is 3.59. The van der Waals surface area contributed by atoms with Gasteiger partial charge < -0.3 is 19.4 Å². The summed E-state index contributed by atoms with van der Waals surface area (Å²) in [6, 6.07) is 16.1. The molecule has 0 radical (unpaired) electrons. The first-order chi connectivity index (χ1) is 16.9. The summed E-state index contributed by atoms with van der Waals surface area (Å²) in [4.78, 5) is 31.0. The highest BCUT2D eigenvalue weighted by Gasteiger charge is 2.48. The third kappa shape index (κ3) is 4.18. The number of carbonyl (C=O) groups excluding carboxylic acids is 2. The number of amides is 2. The van der Waals surface area contributed by atoms with Crippen LogP contribution in [0.3, 0.4) is 0 Å². The zero-order valence-corrected chi connectivity index (χ0v) is 21.3.